The summed E-state index contributed by atoms with van der Waals surface area (Å²) in [6, 6.07) is 3.26. The van der Waals surface area contributed by atoms with E-state index in [-0.39, 0.29) is 5.04 Å². The second-order valence-corrected chi connectivity index (χ2v) is 7.30. The number of aromatic nitrogens is 1. The Balaban J connectivity index is 3.15. The predicted octanol–water partition coefficient (Wildman–Crippen LogP) is 4.53. The summed E-state index contributed by atoms with van der Waals surface area (Å²) in [7, 11) is 1.66. The maximum absolute atomic E-state index is 13.3. The van der Waals surface area contributed by atoms with E-state index in [1.165, 1.54) is 24.0 Å². The zero-order valence-electron chi connectivity index (χ0n) is 13.7. The Kier molecular flexibility index (Phi) is 7.52. The van der Waals surface area contributed by atoms with Crippen LogP contribution in [0.15, 0.2) is 47.3 Å². The first-order valence-corrected chi connectivity index (χ1v) is 8.90. The molecule has 1 aromatic rings. The molecule has 0 amide bonds. The monoisotopic (exact) mass is 408 g/mol. The molecule has 0 saturated heterocycles. The lowest BCUT2D eigenvalue weighted by atomic mass is 9.98. The van der Waals surface area contributed by atoms with Gasteiger partial charge in [0, 0.05) is 29.7 Å². The summed E-state index contributed by atoms with van der Waals surface area (Å²) in [5.41, 5.74) is 2.27. The number of alkyl halides is 1. The molecule has 0 aliphatic carbocycles. The number of thioether (sulfide) groups is 1. The Hall–Kier alpha value is -1.78. The van der Waals surface area contributed by atoms with Gasteiger partial charge in [0.05, 0.1) is 27.8 Å². The Bertz CT molecular complexity index is 751. The van der Waals surface area contributed by atoms with Gasteiger partial charge in [-0.1, -0.05) is 34.3 Å². The van der Waals surface area contributed by atoms with Crippen molar-refractivity contribution in [3.05, 3.63) is 53.6 Å². The van der Waals surface area contributed by atoms with Crippen LogP contribution in [0.2, 0.25) is 0 Å². The smallest absolute Gasteiger partial charge is 0.142 e. The molecule has 0 bridgehead atoms. The van der Waals surface area contributed by atoms with Gasteiger partial charge in [-0.25, -0.2) is 4.39 Å². The van der Waals surface area contributed by atoms with Crippen LogP contribution < -0.4 is 0 Å². The molecule has 0 spiro atoms. The third-order valence-electron chi connectivity index (χ3n) is 3.18. The molecule has 1 atom stereocenters. The largest absolute Gasteiger partial charge is 0.293 e. The maximum Gasteiger partial charge on any atom is 0.142 e. The van der Waals surface area contributed by atoms with Gasteiger partial charge < -0.3 is 0 Å². The third kappa shape index (κ3) is 5.11. The molecule has 0 saturated carbocycles. The number of allylic oxidation sites excluding steroid dienone is 3. The quantitative estimate of drug-likeness (QED) is 0.247. The topological polar surface area (TPSA) is 72.9 Å². The van der Waals surface area contributed by atoms with Gasteiger partial charge in [0.1, 0.15) is 5.82 Å². The van der Waals surface area contributed by atoms with Crippen molar-refractivity contribution < 1.29 is 4.39 Å². The average Bonchev–Trinajstić information content (AvgIpc) is 2.55. The second-order valence-electron chi connectivity index (χ2n) is 5.22. The number of nitriles is 1. The molecule has 1 N–H and O–H groups in total. The van der Waals surface area contributed by atoms with Gasteiger partial charge in [-0.3, -0.25) is 15.4 Å². The third-order valence-corrected chi connectivity index (χ3v) is 5.90. The molecule has 7 heteroatoms. The minimum atomic E-state index is -0.575. The number of hydrogen-bond acceptors (Lipinski definition) is 5. The Morgan fingerprint density at radius 2 is 2.29 bits per heavy atom. The lowest BCUT2D eigenvalue weighted by molar-refractivity contribution is 0.621. The van der Waals surface area contributed by atoms with Crippen LogP contribution in [0.3, 0.4) is 0 Å². The van der Waals surface area contributed by atoms with Gasteiger partial charge >= 0.3 is 0 Å². The summed E-state index contributed by atoms with van der Waals surface area (Å²) in [6.07, 6.45) is 4.22. The van der Waals surface area contributed by atoms with Crippen molar-refractivity contribution in [2.75, 3.05) is 12.4 Å². The molecule has 0 aliphatic rings. The van der Waals surface area contributed by atoms with E-state index >= 15 is 0 Å². The van der Waals surface area contributed by atoms with Crippen molar-refractivity contribution in [1.82, 2.24) is 4.98 Å². The van der Waals surface area contributed by atoms with Crippen molar-refractivity contribution in [2.45, 2.75) is 18.6 Å². The van der Waals surface area contributed by atoms with Gasteiger partial charge in [0.2, 0.25) is 0 Å². The molecule has 1 unspecified atom stereocenters. The van der Waals surface area contributed by atoms with Gasteiger partial charge in [-0.15, -0.1) is 0 Å². The van der Waals surface area contributed by atoms with E-state index in [1.54, 1.807) is 13.1 Å². The van der Waals surface area contributed by atoms with Crippen LogP contribution in [0.25, 0.3) is 0 Å². The van der Waals surface area contributed by atoms with E-state index in [0.717, 1.165) is 17.5 Å². The van der Waals surface area contributed by atoms with Crippen molar-refractivity contribution in [1.29, 1.82) is 10.7 Å². The van der Waals surface area contributed by atoms with Crippen molar-refractivity contribution in [3.8, 4) is 6.07 Å². The molecule has 0 aromatic carbocycles. The minimum Gasteiger partial charge on any atom is -0.293 e. The summed E-state index contributed by atoms with van der Waals surface area (Å²) < 4.78 is 12.8. The highest BCUT2D eigenvalue weighted by Gasteiger charge is 2.33. The molecule has 24 heavy (non-hydrogen) atoms. The molecule has 126 valence electrons. The van der Waals surface area contributed by atoms with E-state index < -0.39 is 10.6 Å². The highest BCUT2D eigenvalue weighted by molar-refractivity contribution is 9.09. The van der Waals surface area contributed by atoms with Gasteiger partial charge in [0.15, 0.2) is 0 Å². The molecule has 1 aromatic heterocycles. The number of halogens is 2. The first kappa shape index (κ1) is 20.3. The molecular weight excluding hydrogens is 391 g/mol. The molecular formula is C17H18BrFN4S. The summed E-state index contributed by atoms with van der Waals surface area (Å²) in [6.45, 7) is 7.43. The molecule has 0 fully saturated rings. The molecule has 1 rings (SSSR count). The van der Waals surface area contributed by atoms with E-state index in [1.807, 2.05) is 19.9 Å². The van der Waals surface area contributed by atoms with Crippen molar-refractivity contribution >= 4 is 38.4 Å². The first-order valence-electron chi connectivity index (χ1n) is 6.96. The van der Waals surface area contributed by atoms with E-state index in [0.29, 0.717) is 16.5 Å². The summed E-state index contributed by atoms with van der Waals surface area (Å²) in [4.78, 5) is 8.12. The normalized spacial score (nSPS) is 14.7. The molecule has 1 heterocycles. The summed E-state index contributed by atoms with van der Waals surface area (Å²) in [5, 5.41) is 17.9. The Morgan fingerprint density at radius 3 is 2.79 bits per heavy atom. The van der Waals surface area contributed by atoms with Crippen LogP contribution >= 0.6 is 27.7 Å². The molecule has 0 aliphatic heterocycles. The van der Waals surface area contributed by atoms with Crippen LogP contribution in [0.1, 0.15) is 19.4 Å². The van der Waals surface area contributed by atoms with Crippen LogP contribution in [0, 0.1) is 22.6 Å². The predicted molar refractivity (Wildman–Crippen MR) is 103 cm³/mol. The SMILES string of the molecule is C=C(C#N)C=C(C)C(=NC)C(C)(CBr)SC(=N)c1cncc(F)c1. The minimum absolute atomic E-state index is 0.192. The van der Waals surface area contributed by atoms with Crippen LogP contribution in [-0.2, 0) is 0 Å². The Morgan fingerprint density at radius 1 is 1.62 bits per heavy atom. The Labute approximate surface area is 154 Å². The molecule has 4 nitrogen and oxygen atoms in total. The fourth-order valence-corrected chi connectivity index (χ4v) is 3.84. The zero-order chi connectivity index (χ0) is 18.3. The maximum atomic E-state index is 13.3. The average molecular weight is 409 g/mol. The number of aliphatic imine (C=N–C) groups is 1. The number of nitrogens with one attached hydrogen (secondary N) is 1. The summed E-state index contributed by atoms with van der Waals surface area (Å²) in [5.74, 6) is -0.482. The number of nitrogens with zero attached hydrogens (tertiary/aromatic N) is 3. The number of hydrogen-bond donors (Lipinski definition) is 1. The second kappa shape index (κ2) is 8.90. The van der Waals surface area contributed by atoms with Crippen LogP contribution in [-0.4, -0.2) is 32.9 Å². The standard InChI is InChI=1S/C17H18BrFN4S/c1-11(7-20)5-12(2)15(22-4)17(3,10-18)24-16(21)13-6-14(19)9-23-8-13/h5-6,8-9,21H,1,10H2,2-4H3. The van der Waals surface area contributed by atoms with Gasteiger partial charge in [-0.05, 0) is 31.6 Å². The number of rotatable bonds is 6. The van der Waals surface area contributed by atoms with E-state index in [4.69, 9.17) is 10.7 Å². The van der Waals surface area contributed by atoms with Gasteiger partial charge in [-0.2, -0.15) is 5.26 Å². The van der Waals surface area contributed by atoms with Crippen molar-refractivity contribution in [2.24, 2.45) is 4.99 Å². The first-order chi connectivity index (χ1) is 11.3. The fourth-order valence-electron chi connectivity index (χ4n) is 2.15. The van der Waals surface area contributed by atoms with Crippen LogP contribution in [0.4, 0.5) is 4.39 Å². The lowest BCUT2D eigenvalue weighted by Gasteiger charge is -2.29. The highest BCUT2D eigenvalue weighted by Crippen LogP contribution is 2.34. The summed E-state index contributed by atoms with van der Waals surface area (Å²) >= 11 is 4.73. The van der Waals surface area contributed by atoms with E-state index in [2.05, 4.69) is 32.5 Å². The number of pyridine rings is 1. The van der Waals surface area contributed by atoms with Crippen molar-refractivity contribution in [3.63, 3.8) is 0 Å². The lowest BCUT2D eigenvalue weighted by Crippen LogP contribution is -2.36. The highest BCUT2D eigenvalue weighted by atomic mass is 79.9. The van der Waals surface area contributed by atoms with Crippen LogP contribution in [0.5, 0.6) is 0 Å². The van der Waals surface area contributed by atoms with E-state index in [9.17, 15) is 4.39 Å². The fraction of sp³-hybridized carbons (Fsp3) is 0.294. The van der Waals surface area contributed by atoms with Gasteiger partial charge in [0.25, 0.3) is 0 Å². The zero-order valence-corrected chi connectivity index (χ0v) is 16.1. The molecule has 0 radical (unpaired) electrons.